The molecular weight excluding hydrogens is 369 g/mol. The van der Waals surface area contributed by atoms with E-state index in [-0.39, 0.29) is 17.6 Å². The van der Waals surface area contributed by atoms with Crippen LogP contribution in [0.15, 0.2) is 36.4 Å². The molecule has 1 N–H and O–H groups in total. The number of halogens is 3. The van der Waals surface area contributed by atoms with Gasteiger partial charge in [-0.2, -0.15) is 18.2 Å². The number of rotatable bonds is 3. The molecule has 0 bridgehead atoms. The Kier molecular flexibility index (Phi) is 4.86. The van der Waals surface area contributed by atoms with E-state index in [1.165, 1.54) is 12.1 Å². The second-order valence-corrected chi connectivity index (χ2v) is 8.82. The molecule has 1 amide bonds. The van der Waals surface area contributed by atoms with Crippen LogP contribution in [0.2, 0.25) is 0 Å². The van der Waals surface area contributed by atoms with E-state index in [4.69, 9.17) is 4.74 Å². The maximum atomic E-state index is 14.0. The zero-order valence-electron chi connectivity index (χ0n) is 16.6. The molecule has 152 valence electrons. The number of carbonyl (C=O) groups excluding carboxylic acids is 1. The highest BCUT2D eigenvalue weighted by Gasteiger charge is 2.52. The zero-order chi connectivity index (χ0) is 20.9. The Morgan fingerprint density at radius 2 is 1.68 bits per heavy atom. The number of hydrazine groups is 1. The molecule has 28 heavy (non-hydrogen) atoms. The van der Waals surface area contributed by atoms with Gasteiger partial charge in [0.15, 0.2) is 6.04 Å². The number of nitrogens with one attached hydrogen (secondary N) is 1. The van der Waals surface area contributed by atoms with Crippen LogP contribution in [0.4, 0.5) is 13.2 Å². The highest BCUT2D eigenvalue weighted by molar-refractivity contribution is 5.85. The molecule has 0 saturated carbocycles. The first-order valence-electron chi connectivity index (χ1n) is 9.15. The van der Waals surface area contributed by atoms with Crippen LogP contribution < -0.4 is 10.2 Å². The fourth-order valence-corrected chi connectivity index (χ4v) is 3.53. The number of alkyl halides is 3. The first kappa shape index (κ1) is 20.5. The maximum Gasteiger partial charge on any atom is 0.409 e. The molecule has 1 aliphatic rings. The van der Waals surface area contributed by atoms with Gasteiger partial charge >= 0.3 is 6.18 Å². The van der Waals surface area contributed by atoms with Crippen molar-refractivity contribution in [3.05, 3.63) is 42.0 Å². The molecule has 0 unspecified atom stereocenters. The van der Waals surface area contributed by atoms with Gasteiger partial charge in [-0.25, -0.2) is 0 Å². The molecule has 7 heteroatoms. The third-order valence-electron chi connectivity index (χ3n) is 4.63. The number of carbonyl (C=O) groups is 1. The van der Waals surface area contributed by atoms with Crippen LogP contribution in [0.1, 0.15) is 52.6 Å². The minimum atomic E-state index is -4.54. The lowest BCUT2D eigenvalue weighted by Crippen LogP contribution is -2.51. The van der Waals surface area contributed by atoms with Gasteiger partial charge < -0.3 is 4.74 Å². The predicted molar refractivity (Wildman–Crippen MR) is 102 cm³/mol. The molecule has 1 aliphatic heterocycles. The molecule has 2 aromatic carbocycles. The lowest BCUT2D eigenvalue weighted by molar-refractivity contribution is -0.203. The van der Waals surface area contributed by atoms with E-state index in [1.807, 2.05) is 26.8 Å². The number of ether oxygens (including phenoxy) is 1. The molecule has 1 fully saturated rings. The molecule has 1 saturated heterocycles. The van der Waals surface area contributed by atoms with Crippen molar-refractivity contribution in [3.63, 3.8) is 0 Å². The predicted octanol–water partition coefficient (Wildman–Crippen LogP) is 5.14. The van der Waals surface area contributed by atoms with E-state index < -0.39 is 23.7 Å². The summed E-state index contributed by atoms with van der Waals surface area (Å²) in [5, 5.41) is 2.49. The molecule has 1 atom stereocenters. The molecule has 0 aromatic heterocycles. The van der Waals surface area contributed by atoms with Crippen molar-refractivity contribution in [3.8, 4) is 5.75 Å². The molecule has 2 aromatic rings. The number of fused-ring (bicyclic) bond motifs is 1. The van der Waals surface area contributed by atoms with E-state index >= 15 is 0 Å². The first-order chi connectivity index (χ1) is 12.8. The Morgan fingerprint density at radius 1 is 1.07 bits per heavy atom. The monoisotopic (exact) mass is 394 g/mol. The maximum absolute atomic E-state index is 14.0. The van der Waals surface area contributed by atoms with Gasteiger partial charge in [-0.05, 0) is 69.2 Å². The summed E-state index contributed by atoms with van der Waals surface area (Å²) >= 11 is 0. The summed E-state index contributed by atoms with van der Waals surface area (Å²) in [6, 6.07) is 8.03. The van der Waals surface area contributed by atoms with Crippen LogP contribution in [-0.4, -0.2) is 28.2 Å². The largest absolute Gasteiger partial charge is 0.488 e. The minimum Gasteiger partial charge on any atom is -0.488 e. The second kappa shape index (κ2) is 6.65. The summed E-state index contributed by atoms with van der Waals surface area (Å²) in [4.78, 5) is 11.8. The van der Waals surface area contributed by atoms with Gasteiger partial charge in [-0.15, -0.1) is 0 Å². The van der Waals surface area contributed by atoms with E-state index in [9.17, 15) is 18.0 Å². The van der Waals surface area contributed by atoms with Crippen molar-refractivity contribution in [2.45, 2.75) is 64.4 Å². The van der Waals surface area contributed by atoms with Crippen LogP contribution in [0.25, 0.3) is 10.8 Å². The van der Waals surface area contributed by atoms with Crippen LogP contribution in [0.3, 0.4) is 0 Å². The summed E-state index contributed by atoms with van der Waals surface area (Å²) in [5.74, 6) is 0.247. The van der Waals surface area contributed by atoms with E-state index in [0.29, 0.717) is 11.1 Å². The van der Waals surface area contributed by atoms with Crippen molar-refractivity contribution in [1.82, 2.24) is 10.4 Å². The first-order valence-corrected chi connectivity index (χ1v) is 9.15. The van der Waals surface area contributed by atoms with Crippen LogP contribution in [0, 0.1) is 0 Å². The van der Waals surface area contributed by atoms with Crippen molar-refractivity contribution in [2.75, 3.05) is 0 Å². The van der Waals surface area contributed by atoms with Crippen molar-refractivity contribution < 1.29 is 22.7 Å². The Bertz CT molecular complexity index is 901. The second-order valence-electron chi connectivity index (χ2n) is 8.82. The van der Waals surface area contributed by atoms with E-state index in [0.717, 1.165) is 10.4 Å². The van der Waals surface area contributed by atoms with Gasteiger partial charge in [-0.3, -0.25) is 10.2 Å². The summed E-state index contributed by atoms with van der Waals surface area (Å²) in [6.07, 6.45) is -4.53. The number of amides is 1. The average molecular weight is 394 g/mol. The van der Waals surface area contributed by atoms with Crippen molar-refractivity contribution >= 4 is 16.7 Å². The molecule has 1 heterocycles. The molecular formula is C21H25F3N2O2. The highest BCUT2D eigenvalue weighted by Crippen LogP contribution is 2.43. The van der Waals surface area contributed by atoms with Gasteiger partial charge in [0.1, 0.15) is 11.4 Å². The van der Waals surface area contributed by atoms with Crippen LogP contribution in [0.5, 0.6) is 5.75 Å². The fraction of sp³-hybridized carbons (Fsp3) is 0.476. The standard InChI is InChI=1S/C21H25F3N2O2/c1-19(2,3)28-16-9-8-13-10-15(7-6-14(13)11-16)18(21(22,23)24)26-20(4,5)12-17(27)25-26/h6-11,18H,12H2,1-5H3,(H,25,27)/t18-/m0/s1. The third kappa shape index (κ3) is 4.24. The van der Waals surface area contributed by atoms with Gasteiger partial charge in [0.2, 0.25) is 5.91 Å². The lowest BCUT2D eigenvalue weighted by atomic mass is 9.95. The number of nitrogens with zero attached hydrogens (tertiary/aromatic N) is 1. The zero-order valence-corrected chi connectivity index (χ0v) is 16.6. The van der Waals surface area contributed by atoms with Gasteiger partial charge in [0.25, 0.3) is 0 Å². The minimum absolute atomic E-state index is 0.0145. The summed E-state index contributed by atoms with van der Waals surface area (Å²) in [7, 11) is 0. The van der Waals surface area contributed by atoms with Gasteiger partial charge in [-0.1, -0.05) is 18.2 Å². The van der Waals surface area contributed by atoms with Crippen LogP contribution >= 0.6 is 0 Å². The Balaban J connectivity index is 2.02. The Morgan fingerprint density at radius 3 is 2.21 bits per heavy atom. The van der Waals surface area contributed by atoms with E-state index in [1.54, 1.807) is 32.0 Å². The third-order valence-corrected chi connectivity index (χ3v) is 4.63. The topological polar surface area (TPSA) is 41.6 Å². The average Bonchev–Trinajstić information content (AvgIpc) is 2.77. The van der Waals surface area contributed by atoms with Crippen molar-refractivity contribution in [1.29, 1.82) is 0 Å². The Hall–Kier alpha value is -2.28. The summed E-state index contributed by atoms with van der Waals surface area (Å²) in [5.41, 5.74) is 1.16. The normalized spacial score (nSPS) is 18.9. The smallest absolute Gasteiger partial charge is 0.409 e. The number of hydrogen-bond donors (Lipinski definition) is 1. The summed E-state index contributed by atoms with van der Waals surface area (Å²) in [6.45, 7) is 9.04. The Labute approximate surface area is 162 Å². The lowest BCUT2D eigenvalue weighted by Gasteiger charge is -2.38. The SMILES string of the molecule is CC(C)(C)Oc1ccc2cc([C@H](N3NC(=O)CC3(C)C)C(F)(F)F)ccc2c1. The number of hydrogen-bond acceptors (Lipinski definition) is 3. The molecule has 0 aliphatic carbocycles. The quantitative estimate of drug-likeness (QED) is 0.784. The summed E-state index contributed by atoms with van der Waals surface area (Å²) < 4.78 is 47.7. The van der Waals surface area contributed by atoms with E-state index in [2.05, 4.69) is 5.43 Å². The highest BCUT2D eigenvalue weighted by atomic mass is 19.4. The van der Waals surface area contributed by atoms with Gasteiger partial charge in [0, 0.05) is 12.0 Å². The van der Waals surface area contributed by atoms with Crippen molar-refractivity contribution in [2.24, 2.45) is 0 Å². The van der Waals surface area contributed by atoms with Crippen LogP contribution in [-0.2, 0) is 4.79 Å². The molecule has 3 rings (SSSR count). The number of benzene rings is 2. The molecule has 0 radical (unpaired) electrons. The molecule has 0 spiro atoms. The van der Waals surface area contributed by atoms with Gasteiger partial charge in [0.05, 0.1) is 0 Å². The fourth-order valence-electron chi connectivity index (χ4n) is 3.53. The molecule has 4 nitrogen and oxygen atoms in total.